The van der Waals surface area contributed by atoms with Crippen molar-refractivity contribution in [1.82, 2.24) is 9.97 Å². The van der Waals surface area contributed by atoms with Crippen molar-refractivity contribution in [3.63, 3.8) is 0 Å². The molecule has 1 heterocycles. The first-order valence-electron chi connectivity index (χ1n) is 7.88. The van der Waals surface area contributed by atoms with E-state index in [1.807, 2.05) is 6.07 Å². The third-order valence-corrected chi connectivity index (χ3v) is 4.05. The maximum atomic E-state index is 12.0. The van der Waals surface area contributed by atoms with Gasteiger partial charge in [0.05, 0.1) is 26.5 Å². The van der Waals surface area contributed by atoms with Crippen LogP contribution in [0.15, 0.2) is 18.5 Å². The fourth-order valence-electron chi connectivity index (χ4n) is 2.46. The van der Waals surface area contributed by atoms with Gasteiger partial charge in [0, 0.05) is 11.6 Å². The Morgan fingerprint density at radius 1 is 1.16 bits per heavy atom. The molecule has 2 aromatic rings. The van der Waals surface area contributed by atoms with Crippen LogP contribution in [0, 0.1) is 0 Å². The Labute approximate surface area is 152 Å². The Bertz CT molecular complexity index is 778. The van der Waals surface area contributed by atoms with E-state index >= 15 is 0 Å². The summed E-state index contributed by atoms with van der Waals surface area (Å²) < 4.78 is 15.9. The summed E-state index contributed by atoms with van der Waals surface area (Å²) in [7, 11) is 3.16. The first-order valence-corrected chi connectivity index (χ1v) is 8.26. The van der Waals surface area contributed by atoms with Crippen LogP contribution in [0.25, 0.3) is 11.3 Å². The Morgan fingerprint density at radius 3 is 2.40 bits per heavy atom. The lowest BCUT2D eigenvalue weighted by molar-refractivity contribution is 0.0519. The number of carbonyl (C=O) groups excluding carboxylic acids is 1. The molecule has 1 aromatic heterocycles. The summed E-state index contributed by atoms with van der Waals surface area (Å²) in [5.74, 6) is 0.875. The van der Waals surface area contributed by atoms with Gasteiger partial charge in [-0.15, -0.1) is 0 Å². The minimum atomic E-state index is -0.590. The van der Waals surface area contributed by atoms with Crippen molar-refractivity contribution in [2.75, 3.05) is 20.8 Å². The van der Waals surface area contributed by atoms with Crippen LogP contribution < -0.4 is 9.47 Å². The zero-order valence-corrected chi connectivity index (χ0v) is 15.7. The van der Waals surface area contributed by atoms with Gasteiger partial charge < -0.3 is 14.2 Å². The molecule has 0 unspecified atom stereocenters. The summed E-state index contributed by atoms with van der Waals surface area (Å²) in [6.45, 7) is 6.06. The summed E-state index contributed by atoms with van der Waals surface area (Å²) in [4.78, 5) is 20.2. The van der Waals surface area contributed by atoms with E-state index < -0.39 is 5.97 Å². The Kier molecular flexibility index (Phi) is 6.20. The quantitative estimate of drug-likeness (QED) is 0.718. The molecule has 0 aliphatic heterocycles. The standard InChI is InChI=1S/C18H21ClN2O4/c1-6-25-18(22)17-15(19)16(20-9-21-17)12-7-11(10(2)3)13(23-4)8-14(12)24-5/h7-10H,6H2,1-5H3. The third kappa shape index (κ3) is 3.85. The van der Waals surface area contributed by atoms with Gasteiger partial charge in [0.15, 0.2) is 5.69 Å². The van der Waals surface area contributed by atoms with E-state index in [2.05, 4.69) is 23.8 Å². The predicted molar refractivity (Wildman–Crippen MR) is 95.6 cm³/mol. The molecule has 0 aliphatic carbocycles. The highest BCUT2D eigenvalue weighted by atomic mass is 35.5. The number of hydrogen-bond donors (Lipinski definition) is 0. The number of methoxy groups -OCH3 is 2. The number of carbonyl (C=O) groups is 1. The molecular weight excluding hydrogens is 344 g/mol. The molecule has 0 aliphatic rings. The van der Waals surface area contributed by atoms with Gasteiger partial charge in [-0.1, -0.05) is 25.4 Å². The van der Waals surface area contributed by atoms with E-state index in [1.54, 1.807) is 27.2 Å². The molecule has 2 rings (SSSR count). The second-order valence-electron chi connectivity index (χ2n) is 5.55. The van der Waals surface area contributed by atoms with E-state index in [9.17, 15) is 4.79 Å². The van der Waals surface area contributed by atoms with Crippen LogP contribution in [-0.2, 0) is 4.74 Å². The molecule has 0 fully saturated rings. The molecule has 7 heteroatoms. The fraction of sp³-hybridized carbons (Fsp3) is 0.389. The molecule has 0 spiro atoms. The smallest absolute Gasteiger partial charge is 0.358 e. The summed E-state index contributed by atoms with van der Waals surface area (Å²) in [5.41, 5.74) is 2.06. The molecule has 1 aromatic carbocycles. The van der Waals surface area contributed by atoms with Crippen LogP contribution in [0.3, 0.4) is 0 Å². The fourth-order valence-corrected chi connectivity index (χ4v) is 2.74. The maximum absolute atomic E-state index is 12.0. The summed E-state index contributed by atoms with van der Waals surface area (Å²) in [5, 5.41) is 0.124. The van der Waals surface area contributed by atoms with Crippen molar-refractivity contribution in [2.45, 2.75) is 26.7 Å². The molecule has 6 nitrogen and oxygen atoms in total. The Hall–Kier alpha value is -2.34. The highest BCUT2D eigenvalue weighted by Crippen LogP contribution is 2.40. The Balaban J connectivity index is 2.67. The minimum absolute atomic E-state index is 0.0254. The molecule has 0 bridgehead atoms. The van der Waals surface area contributed by atoms with Crippen LogP contribution in [0.2, 0.25) is 5.02 Å². The molecule has 0 radical (unpaired) electrons. The lowest BCUT2D eigenvalue weighted by atomic mass is 9.97. The summed E-state index contributed by atoms with van der Waals surface area (Å²) in [6, 6.07) is 3.69. The van der Waals surface area contributed by atoms with Gasteiger partial charge in [0.1, 0.15) is 22.8 Å². The molecule has 0 N–H and O–H groups in total. The van der Waals surface area contributed by atoms with Gasteiger partial charge in [0.25, 0.3) is 0 Å². The van der Waals surface area contributed by atoms with E-state index in [-0.39, 0.29) is 23.2 Å². The van der Waals surface area contributed by atoms with Crippen molar-refractivity contribution in [3.8, 4) is 22.8 Å². The van der Waals surface area contributed by atoms with E-state index in [0.29, 0.717) is 22.8 Å². The van der Waals surface area contributed by atoms with Crippen LogP contribution in [0.5, 0.6) is 11.5 Å². The monoisotopic (exact) mass is 364 g/mol. The first-order chi connectivity index (χ1) is 11.9. The van der Waals surface area contributed by atoms with Crippen molar-refractivity contribution in [2.24, 2.45) is 0 Å². The number of rotatable bonds is 6. The van der Waals surface area contributed by atoms with Crippen molar-refractivity contribution >= 4 is 17.6 Å². The number of nitrogens with zero attached hydrogens (tertiary/aromatic N) is 2. The number of esters is 1. The van der Waals surface area contributed by atoms with Gasteiger partial charge in [0.2, 0.25) is 0 Å². The minimum Gasteiger partial charge on any atom is -0.496 e. The normalized spacial score (nSPS) is 10.7. The second kappa shape index (κ2) is 8.16. The van der Waals surface area contributed by atoms with Crippen LogP contribution in [-0.4, -0.2) is 36.8 Å². The lowest BCUT2D eigenvalue weighted by Gasteiger charge is -2.17. The highest BCUT2D eigenvalue weighted by Gasteiger charge is 2.22. The van der Waals surface area contributed by atoms with Crippen molar-refractivity contribution in [3.05, 3.63) is 34.7 Å². The lowest BCUT2D eigenvalue weighted by Crippen LogP contribution is -2.09. The van der Waals surface area contributed by atoms with Gasteiger partial charge in [-0.05, 0) is 24.5 Å². The first kappa shape index (κ1) is 19.0. The van der Waals surface area contributed by atoms with Gasteiger partial charge >= 0.3 is 5.97 Å². The van der Waals surface area contributed by atoms with E-state index in [4.69, 9.17) is 25.8 Å². The molecule has 0 atom stereocenters. The second-order valence-corrected chi connectivity index (χ2v) is 5.93. The molecule has 0 saturated carbocycles. The van der Waals surface area contributed by atoms with Gasteiger partial charge in [-0.3, -0.25) is 0 Å². The van der Waals surface area contributed by atoms with E-state index in [1.165, 1.54) is 6.33 Å². The highest BCUT2D eigenvalue weighted by molar-refractivity contribution is 6.35. The molecule has 134 valence electrons. The number of ether oxygens (including phenoxy) is 3. The van der Waals surface area contributed by atoms with Crippen LogP contribution >= 0.6 is 11.6 Å². The largest absolute Gasteiger partial charge is 0.496 e. The van der Waals surface area contributed by atoms with Crippen molar-refractivity contribution in [1.29, 1.82) is 0 Å². The van der Waals surface area contributed by atoms with Crippen molar-refractivity contribution < 1.29 is 19.0 Å². The molecule has 0 saturated heterocycles. The topological polar surface area (TPSA) is 70.5 Å². The van der Waals surface area contributed by atoms with Gasteiger partial charge in [-0.25, -0.2) is 14.8 Å². The van der Waals surface area contributed by atoms with Gasteiger partial charge in [-0.2, -0.15) is 0 Å². The average molecular weight is 365 g/mol. The number of aromatic nitrogens is 2. The number of halogens is 1. The average Bonchev–Trinajstić information content (AvgIpc) is 2.60. The Morgan fingerprint density at radius 2 is 1.84 bits per heavy atom. The number of benzene rings is 1. The zero-order chi connectivity index (χ0) is 18.6. The maximum Gasteiger partial charge on any atom is 0.358 e. The molecular formula is C18H21ClN2O4. The van der Waals surface area contributed by atoms with E-state index in [0.717, 1.165) is 5.56 Å². The predicted octanol–water partition coefficient (Wildman–Crippen LogP) is 4.11. The van der Waals surface area contributed by atoms with Crippen LogP contribution in [0.4, 0.5) is 0 Å². The molecule has 25 heavy (non-hydrogen) atoms. The summed E-state index contributed by atoms with van der Waals surface area (Å²) >= 11 is 6.40. The SMILES string of the molecule is CCOC(=O)c1ncnc(-c2cc(C(C)C)c(OC)cc2OC)c1Cl. The molecule has 0 amide bonds. The summed E-state index contributed by atoms with van der Waals surface area (Å²) in [6.07, 6.45) is 1.28. The van der Waals surface area contributed by atoms with Crippen LogP contribution in [0.1, 0.15) is 42.7 Å². The third-order valence-electron chi connectivity index (χ3n) is 3.69. The zero-order valence-electron chi connectivity index (χ0n) is 14.9. The number of hydrogen-bond acceptors (Lipinski definition) is 6.